The standard InChI is InChI=1S/C11H16BrNO3/c1-3-7(2)8(14)6-13-11(15)9-4-5-10(12)16-9/h4-5,7-8,14H,3,6H2,1-2H3,(H,13,15). The molecule has 1 aromatic heterocycles. The smallest absolute Gasteiger partial charge is 0.287 e. The van der Waals surface area contributed by atoms with Gasteiger partial charge in [-0.1, -0.05) is 20.3 Å². The van der Waals surface area contributed by atoms with Crippen LogP contribution in [0, 0.1) is 5.92 Å². The van der Waals surface area contributed by atoms with Crippen molar-refractivity contribution in [1.29, 1.82) is 0 Å². The van der Waals surface area contributed by atoms with E-state index in [1.807, 2.05) is 13.8 Å². The van der Waals surface area contributed by atoms with E-state index in [0.717, 1.165) is 6.42 Å². The number of halogens is 1. The summed E-state index contributed by atoms with van der Waals surface area (Å²) in [5.74, 6) is 0.0971. The number of nitrogens with one attached hydrogen (secondary N) is 1. The predicted octanol–water partition coefficient (Wildman–Crippen LogP) is 2.18. The number of hydrogen-bond donors (Lipinski definition) is 2. The maximum atomic E-state index is 11.5. The Kier molecular flexibility index (Phi) is 5.02. The zero-order valence-corrected chi connectivity index (χ0v) is 11.0. The molecule has 1 heterocycles. The van der Waals surface area contributed by atoms with Gasteiger partial charge < -0.3 is 14.8 Å². The van der Waals surface area contributed by atoms with Crippen LogP contribution in [0.15, 0.2) is 21.2 Å². The second-order valence-corrected chi connectivity index (χ2v) is 4.55. The number of furan rings is 1. The Labute approximate surface area is 103 Å². The van der Waals surface area contributed by atoms with Crippen molar-refractivity contribution < 1.29 is 14.3 Å². The van der Waals surface area contributed by atoms with Crippen LogP contribution in [0.4, 0.5) is 0 Å². The van der Waals surface area contributed by atoms with E-state index in [1.54, 1.807) is 12.1 Å². The molecule has 0 aliphatic rings. The van der Waals surface area contributed by atoms with E-state index in [4.69, 9.17) is 4.42 Å². The molecule has 0 bridgehead atoms. The third-order valence-corrected chi connectivity index (χ3v) is 3.00. The number of rotatable bonds is 5. The highest BCUT2D eigenvalue weighted by atomic mass is 79.9. The average Bonchev–Trinajstić information content (AvgIpc) is 2.71. The highest BCUT2D eigenvalue weighted by Gasteiger charge is 2.15. The maximum Gasteiger partial charge on any atom is 0.287 e. The minimum absolute atomic E-state index is 0.170. The lowest BCUT2D eigenvalue weighted by Crippen LogP contribution is -2.35. The van der Waals surface area contributed by atoms with Crippen LogP contribution in [0.1, 0.15) is 30.8 Å². The van der Waals surface area contributed by atoms with Gasteiger partial charge in [-0.25, -0.2) is 0 Å². The van der Waals surface area contributed by atoms with Crippen LogP contribution in [0.25, 0.3) is 0 Å². The van der Waals surface area contributed by atoms with Crippen LogP contribution < -0.4 is 5.32 Å². The number of aliphatic hydroxyl groups is 1. The lowest BCUT2D eigenvalue weighted by Gasteiger charge is -2.16. The van der Waals surface area contributed by atoms with Gasteiger partial charge >= 0.3 is 0 Å². The largest absolute Gasteiger partial charge is 0.444 e. The maximum absolute atomic E-state index is 11.5. The molecule has 0 aliphatic heterocycles. The average molecular weight is 290 g/mol. The summed E-state index contributed by atoms with van der Waals surface area (Å²) in [6.45, 7) is 4.19. The molecule has 0 fully saturated rings. The zero-order valence-electron chi connectivity index (χ0n) is 9.37. The monoisotopic (exact) mass is 289 g/mol. The van der Waals surface area contributed by atoms with Gasteiger partial charge in [-0.2, -0.15) is 0 Å². The summed E-state index contributed by atoms with van der Waals surface area (Å²) in [6, 6.07) is 3.23. The first-order valence-electron chi connectivity index (χ1n) is 5.26. The number of aliphatic hydroxyl groups excluding tert-OH is 1. The summed E-state index contributed by atoms with van der Waals surface area (Å²) in [6.07, 6.45) is 0.357. The summed E-state index contributed by atoms with van der Waals surface area (Å²) >= 11 is 3.12. The first kappa shape index (κ1) is 13.3. The van der Waals surface area contributed by atoms with Gasteiger partial charge in [0, 0.05) is 6.54 Å². The van der Waals surface area contributed by atoms with Gasteiger partial charge in [-0.3, -0.25) is 4.79 Å². The van der Waals surface area contributed by atoms with Crippen molar-refractivity contribution in [1.82, 2.24) is 5.32 Å². The molecule has 1 aromatic rings. The van der Waals surface area contributed by atoms with Crippen LogP contribution in [-0.4, -0.2) is 23.7 Å². The van der Waals surface area contributed by atoms with Crippen LogP contribution in [0.3, 0.4) is 0 Å². The zero-order chi connectivity index (χ0) is 12.1. The lowest BCUT2D eigenvalue weighted by molar-refractivity contribution is 0.0826. The van der Waals surface area contributed by atoms with Gasteiger partial charge in [-0.15, -0.1) is 0 Å². The predicted molar refractivity (Wildman–Crippen MR) is 64.2 cm³/mol. The summed E-state index contributed by atoms with van der Waals surface area (Å²) in [7, 11) is 0. The topological polar surface area (TPSA) is 62.5 Å². The first-order valence-corrected chi connectivity index (χ1v) is 6.05. The number of amides is 1. The highest BCUT2D eigenvalue weighted by molar-refractivity contribution is 9.10. The summed E-state index contributed by atoms with van der Waals surface area (Å²) in [5.41, 5.74) is 0. The molecule has 90 valence electrons. The fourth-order valence-corrected chi connectivity index (χ4v) is 1.50. The molecule has 0 radical (unpaired) electrons. The van der Waals surface area contributed by atoms with E-state index >= 15 is 0 Å². The molecule has 0 aliphatic carbocycles. The van der Waals surface area contributed by atoms with E-state index in [9.17, 15) is 9.90 Å². The molecular formula is C11H16BrNO3. The van der Waals surface area contributed by atoms with E-state index in [0.29, 0.717) is 4.67 Å². The second kappa shape index (κ2) is 6.06. The molecule has 1 amide bonds. The SMILES string of the molecule is CCC(C)C(O)CNC(=O)c1ccc(Br)o1. The highest BCUT2D eigenvalue weighted by Crippen LogP contribution is 2.14. The van der Waals surface area contributed by atoms with Crippen molar-refractivity contribution >= 4 is 21.8 Å². The summed E-state index contributed by atoms with van der Waals surface area (Å²) in [5, 5.41) is 12.3. The van der Waals surface area contributed by atoms with Gasteiger partial charge in [-0.05, 0) is 34.0 Å². The number of hydrogen-bond acceptors (Lipinski definition) is 3. The van der Waals surface area contributed by atoms with Gasteiger partial charge in [0.05, 0.1) is 6.10 Å². The van der Waals surface area contributed by atoms with Gasteiger partial charge in [0.25, 0.3) is 5.91 Å². The third kappa shape index (κ3) is 3.64. The molecular weight excluding hydrogens is 274 g/mol. The minimum atomic E-state index is -0.521. The van der Waals surface area contributed by atoms with Crippen molar-refractivity contribution in [2.24, 2.45) is 5.92 Å². The van der Waals surface area contributed by atoms with E-state index in [1.165, 1.54) is 0 Å². The molecule has 2 N–H and O–H groups in total. The molecule has 0 aromatic carbocycles. The number of carbonyl (C=O) groups excluding carboxylic acids is 1. The van der Waals surface area contributed by atoms with Crippen molar-refractivity contribution in [2.75, 3.05) is 6.54 Å². The Hall–Kier alpha value is -0.810. The van der Waals surface area contributed by atoms with Crippen molar-refractivity contribution in [3.8, 4) is 0 Å². The Bertz CT molecular complexity index is 351. The fourth-order valence-electron chi connectivity index (χ4n) is 1.19. The Morgan fingerprint density at radius 2 is 2.31 bits per heavy atom. The fraction of sp³-hybridized carbons (Fsp3) is 0.545. The van der Waals surface area contributed by atoms with Gasteiger partial charge in [0.1, 0.15) is 0 Å². The normalized spacial score (nSPS) is 14.5. The Balaban J connectivity index is 2.41. The molecule has 16 heavy (non-hydrogen) atoms. The molecule has 4 nitrogen and oxygen atoms in total. The molecule has 5 heteroatoms. The quantitative estimate of drug-likeness (QED) is 0.873. The van der Waals surface area contributed by atoms with E-state index in [2.05, 4.69) is 21.2 Å². The second-order valence-electron chi connectivity index (χ2n) is 3.77. The van der Waals surface area contributed by atoms with Crippen LogP contribution in [0.5, 0.6) is 0 Å². The Morgan fingerprint density at radius 3 is 2.81 bits per heavy atom. The molecule has 1 rings (SSSR count). The Morgan fingerprint density at radius 1 is 1.62 bits per heavy atom. The third-order valence-electron chi connectivity index (χ3n) is 2.57. The molecule has 2 unspecified atom stereocenters. The van der Waals surface area contributed by atoms with E-state index in [-0.39, 0.29) is 24.1 Å². The van der Waals surface area contributed by atoms with Crippen LogP contribution in [-0.2, 0) is 0 Å². The van der Waals surface area contributed by atoms with Crippen molar-refractivity contribution in [3.05, 3.63) is 22.6 Å². The van der Waals surface area contributed by atoms with Gasteiger partial charge in [0.2, 0.25) is 0 Å². The summed E-state index contributed by atoms with van der Waals surface area (Å²) in [4.78, 5) is 11.5. The number of carbonyl (C=O) groups is 1. The molecule has 2 atom stereocenters. The molecule has 0 spiro atoms. The van der Waals surface area contributed by atoms with Crippen molar-refractivity contribution in [2.45, 2.75) is 26.4 Å². The van der Waals surface area contributed by atoms with Crippen LogP contribution >= 0.6 is 15.9 Å². The molecule has 0 saturated carbocycles. The lowest BCUT2D eigenvalue weighted by atomic mass is 10.0. The van der Waals surface area contributed by atoms with Gasteiger partial charge in [0.15, 0.2) is 10.4 Å². The molecule has 0 saturated heterocycles. The van der Waals surface area contributed by atoms with Crippen LogP contribution in [0.2, 0.25) is 0 Å². The first-order chi connectivity index (χ1) is 7.54. The minimum Gasteiger partial charge on any atom is -0.444 e. The summed E-state index contributed by atoms with van der Waals surface area (Å²) < 4.78 is 5.60. The van der Waals surface area contributed by atoms with Crippen molar-refractivity contribution in [3.63, 3.8) is 0 Å². The van der Waals surface area contributed by atoms with E-state index < -0.39 is 6.10 Å².